The number of rotatable bonds is 6. The summed E-state index contributed by atoms with van der Waals surface area (Å²) in [6.07, 6.45) is 0. The number of hydrogen-bond acceptors (Lipinski definition) is 5. The molecule has 2 amide bonds. The summed E-state index contributed by atoms with van der Waals surface area (Å²) >= 11 is 1.57. The quantitative estimate of drug-likeness (QED) is 0.539. The third-order valence-corrected chi connectivity index (χ3v) is 7.52. The minimum absolute atomic E-state index is 0.00406. The third-order valence-electron chi connectivity index (χ3n) is 6.43. The van der Waals surface area contributed by atoms with Gasteiger partial charge in [-0.05, 0) is 55.5 Å². The molecule has 1 saturated heterocycles. The number of anilines is 1. The zero-order valence-electron chi connectivity index (χ0n) is 20.5. The first-order chi connectivity index (χ1) is 17.4. The number of quaternary nitrogens is 1. The van der Waals surface area contributed by atoms with Gasteiger partial charge in [0.25, 0.3) is 5.91 Å². The van der Waals surface area contributed by atoms with Gasteiger partial charge in [-0.15, -0.1) is 0 Å². The molecule has 0 aromatic heterocycles. The lowest BCUT2D eigenvalue weighted by atomic mass is 10.1. The van der Waals surface area contributed by atoms with Gasteiger partial charge in [-0.2, -0.15) is 0 Å². The summed E-state index contributed by atoms with van der Waals surface area (Å²) in [7, 11) is 0. The van der Waals surface area contributed by atoms with Crippen LogP contribution in [0.25, 0.3) is 0 Å². The number of ether oxygens (including phenoxy) is 2. The van der Waals surface area contributed by atoms with E-state index in [0.717, 1.165) is 40.9 Å². The molecular formula is C28H30N3O4S+. The predicted molar refractivity (Wildman–Crippen MR) is 139 cm³/mol. The van der Waals surface area contributed by atoms with E-state index < -0.39 is 0 Å². The second kappa shape index (κ2) is 10.6. The molecule has 2 aliphatic rings. The van der Waals surface area contributed by atoms with Gasteiger partial charge in [-0.1, -0.05) is 29.5 Å². The molecule has 0 unspecified atom stereocenters. The van der Waals surface area contributed by atoms with Crippen molar-refractivity contribution in [2.75, 3.05) is 38.3 Å². The lowest BCUT2D eigenvalue weighted by molar-refractivity contribution is -0.917. The summed E-state index contributed by atoms with van der Waals surface area (Å²) < 4.78 is 10.9. The molecule has 8 heteroatoms. The molecule has 0 spiro atoms. The Bertz CT molecular complexity index is 1270. The van der Waals surface area contributed by atoms with E-state index in [1.54, 1.807) is 17.8 Å². The van der Waals surface area contributed by atoms with E-state index in [1.165, 1.54) is 23.0 Å². The first-order valence-corrected chi connectivity index (χ1v) is 12.9. The van der Waals surface area contributed by atoms with Crippen molar-refractivity contribution in [3.05, 3.63) is 77.4 Å². The van der Waals surface area contributed by atoms with Gasteiger partial charge >= 0.3 is 0 Å². The van der Waals surface area contributed by atoms with Crippen LogP contribution < -0.4 is 19.7 Å². The fourth-order valence-corrected chi connectivity index (χ4v) is 5.38. The van der Waals surface area contributed by atoms with E-state index in [9.17, 15) is 9.59 Å². The smallest absolute Gasteiger partial charge is 0.254 e. The van der Waals surface area contributed by atoms with Crippen LogP contribution >= 0.6 is 11.8 Å². The Morgan fingerprint density at radius 2 is 1.72 bits per heavy atom. The van der Waals surface area contributed by atoms with Gasteiger partial charge in [-0.25, -0.2) is 0 Å². The van der Waals surface area contributed by atoms with E-state index in [1.807, 2.05) is 29.2 Å². The molecule has 3 aromatic rings. The number of aryl methyl sites for hydroxylation is 1. The number of benzene rings is 3. The molecule has 3 aromatic carbocycles. The number of hydrogen-bond donors (Lipinski definition) is 2. The Morgan fingerprint density at radius 1 is 0.972 bits per heavy atom. The van der Waals surface area contributed by atoms with Crippen molar-refractivity contribution in [1.29, 1.82) is 0 Å². The molecular weight excluding hydrogens is 474 g/mol. The molecule has 0 bridgehead atoms. The number of carbonyl (C=O) groups excluding carboxylic acids is 2. The lowest BCUT2D eigenvalue weighted by Crippen LogP contribution is -3.13. The van der Waals surface area contributed by atoms with Gasteiger partial charge in [0.05, 0.1) is 31.9 Å². The molecule has 5 rings (SSSR count). The number of piperazine rings is 1. The first-order valence-electron chi connectivity index (χ1n) is 12.1. The molecule has 36 heavy (non-hydrogen) atoms. The number of carbonyl (C=O) groups is 2. The zero-order chi connectivity index (χ0) is 25.1. The van der Waals surface area contributed by atoms with Crippen molar-refractivity contribution in [1.82, 2.24) is 4.90 Å². The Kier molecular flexibility index (Phi) is 7.16. The average Bonchev–Trinajstić information content (AvgIpc) is 3.34. The Morgan fingerprint density at radius 3 is 2.47 bits per heavy atom. The van der Waals surface area contributed by atoms with Crippen molar-refractivity contribution in [2.45, 2.75) is 30.2 Å². The average molecular weight is 505 g/mol. The van der Waals surface area contributed by atoms with Crippen LogP contribution in [0.3, 0.4) is 0 Å². The summed E-state index contributed by atoms with van der Waals surface area (Å²) in [5, 5.41) is 2.90. The lowest BCUT2D eigenvalue weighted by Gasteiger charge is -2.32. The minimum atomic E-state index is -0.161. The van der Waals surface area contributed by atoms with Crippen molar-refractivity contribution < 1.29 is 24.0 Å². The maximum atomic E-state index is 13.3. The summed E-state index contributed by atoms with van der Waals surface area (Å²) in [5.74, 6) is 1.44. The second-order valence-electron chi connectivity index (χ2n) is 9.21. The van der Waals surface area contributed by atoms with Gasteiger partial charge < -0.3 is 24.6 Å². The van der Waals surface area contributed by atoms with Gasteiger partial charge in [0, 0.05) is 27.8 Å². The van der Waals surface area contributed by atoms with Crippen LogP contribution in [-0.4, -0.2) is 49.7 Å². The number of nitrogens with zero attached hydrogens (tertiary/aromatic N) is 1. The van der Waals surface area contributed by atoms with Crippen LogP contribution in [0.4, 0.5) is 5.69 Å². The van der Waals surface area contributed by atoms with E-state index in [0.29, 0.717) is 24.3 Å². The van der Waals surface area contributed by atoms with E-state index >= 15 is 0 Å². The molecule has 1 fully saturated rings. The maximum Gasteiger partial charge on any atom is 0.254 e. The molecule has 2 heterocycles. The van der Waals surface area contributed by atoms with Gasteiger partial charge in [0.1, 0.15) is 6.54 Å². The molecule has 7 nitrogen and oxygen atoms in total. The molecule has 0 aliphatic carbocycles. The second-order valence-corrected chi connectivity index (χ2v) is 10.3. The van der Waals surface area contributed by atoms with Crippen LogP contribution in [-0.2, 0) is 11.3 Å². The molecule has 0 saturated carbocycles. The maximum absolute atomic E-state index is 13.3. The molecule has 186 valence electrons. The van der Waals surface area contributed by atoms with Crippen molar-refractivity contribution in [3.63, 3.8) is 0 Å². The highest BCUT2D eigenvalue weighted by atomic mass is 32.2. The highest BCUT2D eigenvalue weighted by Gasteiger charge is 2.26. The van der Waals surface area contributed by atoms with Crippen LogP contribution in [0, 0.1) is 6.92 Å². The summed E-state index contributed by atoms with van der Waals surface area (Å²) in [6.45, 7) is 7.83. The monoisotopic (exact) mass is 504 g/mol. The van der Waals surface area contributed by atoms with Crippen molar-refractivity contribution >= 4 is 29.3 Å². The minimum Gasteiger partial charge on any atom is -0.454 e. The Labute approximate surface area is 215 Å². The molecule has 0 atom stereocenters. The summed E-state index contributed by atoms with van der Waals surface area (Å²) in [5.41, 5.74) is 3.65. The highest BCUT2D eigenvalue weighted by molar-refractivity contribution is 7.99. The zero-order valence-corrected chi connectivity index (χ0v) is 21.3. The SMILES string of the molecule is CC(=O)Nc1cc(C(=O)N2CC[NH+](Cc3ccc4c(c3)OCO4)CC2)ccc1Sc1ccc(C)cc1. The van der Waals surface area contributed by atoms with Crippen molar-refractivity contribution in [3.8, 4) is 11.5 Å². The van der Waals surface area contributed by atoms with Crippen LogP contribution in [0.1, 0.15) is 28.4 Å². The van der Waals surface area contributed by atoms with E-state index in [2.05, 4.69) is 42.6 Å². The van der Waals surface area contributed by atoms with Gasteiger partial charge in [0.2, 0.25) is 12.7 Å². The molecule has 2 aliphatic heterocycles. The number of nitrogens with one attached hydrogen (secondary N) is 2. The van der Waals surface area contributed by atoms with Crippen LogP contribution in [0.2, 0.25) is 0 Å². The van der Waals surface area contributed by atoms with Gasteiger partial charge in [0.15, 0.2) is 11.5 Å². The van der Waals surface area contributed by atoms with E-state index in [-0.39, 0.29) is 18.6 Å². The first kappa shape index (κ1) is 24.2. The molecule has 0 radical (unpaired) electrons. The largest absolute Gasteiger partial charge is 0.454 e. The standard InChI is InChI=1S/C28H29N3O4S/c1-19-3-7-23(8-4-19)36-27-10-6-22(16-24(27)29-20(2)32)28(33)31-13-11-30(12-14-31)17-21-5-9-25-26(15-21)35-18-34-25/h3-10,15-16H,11-14,17-18H2,1-2H3,(H,29,32)/p+1. The topological polar surface area (TPSA) is 72.3 Å². The van der Waals surface area contributed by atoms with Crippen molar-refractivity contribution in [2.24, 2.45) is 0 Å². The summed E-state index contributed by atoms with van der Waals surface area (Å²) in [4.78, 5) is 30.5. The fraction of sp³-hybridized carbons (Fsp3) is 0.286. The predicted octanol–water partition coefficient (Wildman–Crippen LogP) is 3.37. The third kappa shape index (κ3) is 5.66. The Balaban J connectivity index is 1.23. The van der Waals surface area contributed by atoms with Gasteiger partial charge in [-0.3, -0.25) is 9.59 Å². The number of fused-ring (bicyclic) bond motifs is 1. The number of amides is 2. The summed E-state index contributed by atoms with van der Waals surface area (Å²) in [6, 6.07) is 19.9. The molecule has 2 N–H and O–H groups in total. The van der Waals surface area contributed by atoms with Crippen LogP contribution in [0.15, 0.2) is 70.5 Å². The van der Waals surface area contributed by atoms with E-state index in [4.69, 9.17) is 9.47 Å². The Hall–Kier alpha value is -3.49. The van der Waals surface area contributed by atoms with Crippen LogP contribution in [0.5, 0.6) is 11.5 Å². The fourth-order valence-electron chi connectivity index (χ4n) is 4.50. The normalized spacial score (nSPS) is 15.1. The highest BCUT2D eigenvalue weighted by Crippen LogP contribution is 2.35.